The number of aromatic nitrogens is 2. The van der Waals surface area contributed by atoms with Gasteiger partial charge in [-0.15, -0.1) is 0 Å². The minimum absolute atomic E-state index is 0.257. The molecule has 21 heavy (non-hydrogen) atoms. The van der Waals surface area contributed by atoms with E-state index in [4.69, 9.17) is 4.52 Å². The SMILES string of the molecule is O=C(O)C1CCCC1c1nc(-c2cc(F)ccc2Br)no1. The summed E-state index contributed by atoms with van der Waals surface area (Å²) in [6.45, 7) is 0. The average molecular weight is 355 g/mol. The molecule has 0 radical (unpaired) electrons. The second-order valence-corrected chi connectivity index (χ2v) is 5.92. The Labute approximate surface area is 128 Å². The maximum atomic E-state index is 13.3. The fraction of sp³-hybridized carbons (Fsp3) is 0.357. The second kappa shape index (κ2) is 5.55. The molecule has 1 saturated carbocycles. The topological polar surface area (TPSA) is 76.2 Å². The summed E-state index contributed by atoms with van der Waals surface area (Å²) >= 11 is 3.31. The van der Waals surface area contributed by atoms with E-state index >= 15 is 0 Å². The zero-order valence-electron chi connectivity index (χ0n) is 10.9. The molecule has 1 aliphatic rings. The van der Waals surface area contributed by atoms with Gasteiger partial charge in [-0.3, -0.25) is 4.79 Å². The summed E-state index contributed by atoms with van der Waals surface area (Å²) in [6.07, 6.45) is 2.15. The van der Waals surface area contributed by atoms with Crippen molar-refractivity contribution in [2.45, 2.75) is 25.2 Å². The van der Waals surface area contributed by atoms with E-state index in [1.54, 1.807) is 6.07 Å². The Hall–Kier alpha value is -1.76. The van der Waals surface area contributed by atoms with Crippen molar-refractivity contribution in [3.63, 3.8) is 0 Å². The van der Waals surface area contributed by atoms with Gasteiger partial charge in [-0.25, -0.2) is 4.39 Å². The van der Waals surface area contributed by atoms with Gasteiger partial charge in [0.15, 0.2) is 0 Å². The maximum absolute atomic E-state index is 13.3. The zero-order chi connectivity index (χ0) is 15.0. The van der Waals surface area contributed by atoms with E-state index in [1.165, 1.54) is 12.1 Å². The lowest BCUT2D eigenvalue weighted by atomic mass is 9.96. The average Bonchev–Trinajstić information content (AvgIpc) is 3.08. The maximum Gasteiger partial charge on any atom is 0.307 e. The molecule has 5 nitrogen and oxygen atoms in total. The Kier molecular flexibility index (Phi) is 3.75. The van der Waals surface area contributed by atoms with Crippen LogP contribution in [0, 0.1) is 11.7 Å². The van der Waals surface area contributed by atoms with Crippen molar-refractivity contribution in [3.05, 3.63) is 34.4 Å². The standard InChI is InChI=1S/C14H12BrFN2O3/c15-11-5-4-7(16)6-10(11)12-17-13(21-18-12)8-2-1-3-9(8)14(19)20/h4-6,8-9H,1-3H2,(H,19,20). The Morgan fingerprint density at radius 3 is 3.00 bits per heavy atom. The van der Waals surface area contributed by atoms with Crippen molar-refractivity contribution in [2.24, 2.45) is 5.92 Å². The lowest BCUT2D eigenvalue weighted by Crippen LogP contribution is -2.17. The first-order valence-corrected chi connectivity index (χ1v) is 7.37. The molecule has 2 atom stereocenters. The van der Waals surface area contributed by atoms with E-state index in [1.807, 2.05) is 0 Å². The van der Waals surface area contributed by atoms with Gasteiger partial charge in [0, 0.05) is 10.0 Å². The molecule has 2 unspecified atom stereocenters. The summed E-state index contributed by atoms with van der Waals surface area (Å²) in [5.41, 5.74) is 0.481. The summed E-state index contributed by atoms with van der Waals surface area (Å²) in [5.74, 6) is -1.43. The van der Waals surface area contributed by atoms with Gasteiger partial charge >= 0.3 is 5.97 Å². The molecule has 0 aliphatic heterocycles. The molecule has 1 fully saturated rings. The third-order valence-corrected chi connectivity index (χ3v) is 4.45. The van der Waals surface area contributed by atoms with E-state index in [0.717, 1.165) is 6.42 Å². The Balaban J connectivity index is 1.93. The predicted molar refractivity (Wildman–Crippen MR) is 75.1 cm³/mol. The van der Waals surface area contributed by atoms with Crippen LogP contribution in [0.3, 0.4) is 0 Å². The van der Waals surface area contributed by atoms with Crippen LogP contribution in [0.25, 0.3) is 11.4 Å². The summed E-state index contributed by atoms with van der Waals surface area (Å²) in [4.78, 5) is 15.5. The smallest absolute Gasteiger partial charge is 0.307 e. The van der Waals surface area contributed by atoms with E-state index in [-0.39, 0.29) is 11.7 Å². The number of carboxylic acids is 1. The summed E-state index contributed by atoms with van der Waals surface area (Å²) in [6, 6.07) is 4.20. The summed E-state index contributed by atoms with van der Waals surface area (Å²) < 4.78 is 19.2. The van der Waals surface area contributed by atoms with E-state index in [9.17, 15) is 14.3 Å². The Morgan fingerprint density at radius 1 is 1.43 bits per heavy atom. The van der Waals surface area contributed by atoms with E-state index < -0.39 is 17.7 Å². The number of hydrogen-bond donors (Lipinski definition) is 1. The normalized spacial score (nSPS) is 21.6. The first-order chi connectivity index (χ1) is 10.1. The van der Waals surface area contributed by atoms with Crippen molar-refractivity contribution in [1.29, 1.82) is 0 Å². The minimum Gasteiger partial charge on any atom is -0.481 e. The van der Waals surface area contributed by atoms with Gasteiger partial charge in [0.25, 0.3) is 0 Å². The molecule has 0 bridgehead atoms. The molecule has 1 aliphatic carbocycles. The molecule has 1 aromatic carbocycles. The fourth-order valence-electron chi connectivity index (χ4n) is 2.72. The molecule has 2 aromatic rings. The molecule has 3 rings (SSSR count). The van der Waals surface area contributed by atoms with Gasteiger partial charge in [-0.1, -0.05) is 27.5 Å². The molecular weight excluding hydrogens is 343 g/mol. The molecule has 1 aromatic heterocycles. The minimum atomic E-state index is -0.843. The number of nitrogens with zero attached hydrogens (tertiary/aromatic N) is 2. The lowest BCUT2D eigenvalue weighted by Gasteiger charge is -2.10. The summed E-state index contributed by atoms with van der Waals surface area (Å²) in [5, 5.41) is 13.1. The monoisotopic (exact) mass is 354 g/mol. The highest BCUT2D eigenvalue weighted by Crippen LogP contribution is 2.39. The van der Waals surface area contributed by atoms with Crippen LogP contribution in [0.4, 0.5) is 4.39 Å². The second-order valence-electron chi connectivity index (χ2n) is 5.06. The van der Waals surface area contributed by atoms with Crippen LogP contribution in [-0.2, 0) is 4.79 Å². The van der Waals surface area contributed by atoms with Gasteiger partial charge < -0.3 is 9.63 Å². The van der Waals surface area contributed by atoms with Gasteiger partial charge in [-0.2, -0.15) is 4.98 Å². The number of carbonyl (C=O) groups is 1. The van der Waals surface area contributed by atoms with E-state index in [0.29, 0.717) is 28.8 Å². The Bertz CT molecular complexity index is 689. The Morgan fingerprint density at radius 2 is 2.24 bits per heavy atom. The lowest BCUT2D eigenvalue weighted by molar-refractivity contribution is -0.142. The zero-order valence-corrected chi connectivity index (χ0v) is 12.5. The number of halogens is 2. The third-order valence-electron chi connectivity index (χ3n) is 3.76. The highest BCUT2D eigenvalue weighted by Gasteiger charge is 2.37. The quantitative estimate of drug-likeness (QED) is 0.910. The number of rotatable bonds is 3. The van der Waals surface area contributed by atoms with Crippen molar-refractivity contribution in [1.82, 2.24) is 10.1 Å². The molecule has 1 heterocycles. The highest BCUT2D eigenvalue weighted by atomic mass is 79.9. The van der Waals surface area contributed by atoms with Crippen LogP contribution in [0.5, 0.6) is 0 Å². The first-order valence-electron chi connectivity index (χ1n) is 6.58. The van der Waals surface area contributed by atoms with Gasteiger partial charge in [0.2, 0.25) is 11.7 Å². The largest absolute Gasteiger partial charge is 0.481 e. The van der Waals surface area contributed by atoms with Crippen LogP contribution in [0.2, 0.25) is 0 Å². The van der Waals surface area contributed by atoms with Crippen LogP contribution < -0.4 is 0 Å². The molecule has 0 saturated heterocycles. The number of hydrogen-bond acceptors (Lipinski definition) is 4. The van der Waals surface area contributed by atoms with E-state index in [2.05, 4.69) is 26.1 Å². The number of benzene rings is 1. The van der Waals surface area contributed by atoms with Crippen molar-refractivity contribution in [3.8, 4) is 11.4 Å². The molecule has 110 valence electrons. The van der Waals surface area contributed by atoms with Crippen LogP contribution in [0.1, 0.15) is 31.1 Å². The summed E-state index contributed by atoms with van der Waals surface area (Å²) in [7, 11) is 0. The van der Waals surface area contributed by atoms with Crippen molar-refractivity contribution in [2.75, 3.05) is 0 Å². The predicted octanol–water partition coefficient (Wildman–Crippen LogP) is 3.61. The van der Waals surface area contributed by atoms with Crippen LogP contribution in [0.15, 0.2) is 27.2 Å². The number of aliphatic carboxylic acids is 1. The molecular formula is C14H12BrFN2O3. The highest BCUT2D eigenvalue weighted by molar-refractivity contribution is 9.10. The van der Waals surface area contributed by atoms with Crippen LogP contribution >= 0.6 is 15.9 Å². The molecule has 0 amide bonds. The van der Waals surface area contributed by atoms with Crippen LogP contribution in [-0.4, -0.2) is 21.2 Å². The number of carboxylic acid groups (broad SMARTS) is 1. The molecule has 7 heteroatoms. The fourth-order valence-corrected chi connectivity index (χ4v) is 3.14. The third kappa shape index (κ3) is 2.70. The molecule has 1 N–H and O–H groups in total. The van der Waals surface area contributed by atoms with Gasteiger partial charge in [-0.05, 0) is 31.0 Å². The first kappa shape index (κ1) is 14.2. The van der Waals surface area contributed by atoms with Gasteiger partial charge in [0.05, 0.1) is 11.8 Å². The molecule has 0 spiro atoms. The van der Waals surface area contributed by atoms with Gasteiger partial charge in [0.1, 0.15) is 5.82 Å². The van der Waals surface area contributed by atoms with Crippen molar-refractivity contribution < 1.29 is 18.8 Å². The van der Waals surface area contributed by atoms with Crippen molar-refractivity contribution >= 4 is 21.9 Å².